The van der Waals surface area contributed by atoms with Crippen molar-refractivity contribution in [1.29, 1.82) is 0 Å². The smallest absolute Gasteiger partial charge is 0.355 e. The number of nitrogens with zero attached hydrogens (tertiary/aromatic N) is 1. The summed E-state index contributed by atoms with van der Waals surface area (Å²) in [6.45, 7) is 8.39. The summed E-state index contributed by atoms with van der Waals surface area (Å²) in [5.74, 6) is -3.22. The summed E-state index contributed by atoms with van der Waals surface area (Å²) >= 11 is 0. The molecule has 0 rings (SSSR count). The molecule has 0 aliphatic carbocycles. The number of quaternary nitrogens is 1. The van der Waals surface area contributed by atoms with E-state index >= 15 is 0 Å². The molecule has 10 nitrogen and oxygen atoms in total. The maximum Gasteiger partial charge on any atom is 0.355 e. The molecule has 2 atom stereocenters. The van der Waals surface area contributed by atoms with Crippen LogP contribution in [0, 0.1) is 0 Å². The number of likely N-dealkylation sites (N-methyl/N-ethyl adjacent to an activating group) is 1. The number of rotatable bonds is 15. The third kappa shape index (κ3) is 10.3. The summed E-state index contributed by atoms with van der Waals surface area (Å²) in [6.07, 6.45) is -0.736. The van der Waals surface area contributed by atoms with Gasteiger partial charge in [-0.1, -0.05) is 6.58 Å². The topological polar surface area (TPSA) is 113 Å². The lowest BCUT2D eigenvalue weighted by atomic mass is 10.5. The largest absolute Gasteiger partial charge is 0.756 e. The Morgan fingerprint density at radius 3 is 2.15 bits per heavy atom. The zero-order valence-corrected chi connectivity index (χ0v) is 17.9. The van der Waals surface area contributed by atoms with Gasteiger partial charge < -0.3 is 32.8 Å². The van der Waals surface area contributed by atoms with E-state index in [0.717, 1.165) is 6.08 Å². The van der Waals surface area contributed by atoms with Crippen LogP contribution in [0.4, 0.5) is 0 Å². The molecule has 0 heterocycles. The van der Waals surface area contributed by atoms with Crippen molar-refractivity contribution in [3.8, 4) is 0 Å². The van der Waals surface area contributed by atoms with Gasteiger partial charge in [-0.15, -0.1) is 0 Å². The van der Waals surface area contributed by atoms with Crippen molar-refractivity contribution in [2.24, 2.45) is 0 Å². The Balaban J connectivity index is 5.58. The fourth-order valence-corrected chi connectivity index (χ4v) is 2.66. The Morgan fingerprint density at radius 2 is 1.74 bits per heavy atom. The maximum absolute atomic E-state index is 12.3. The minimum absolute atomic E-state index is 0.0197. The molecule has 0 spiro atoms. The lowest BCUT2D eigenvalue weighted by molar-refractivity contribution is -0.870. The van der Waals surface area contributed by atoms with Crippen molar-refractivity contribution in [3.05, 3.63) is 12.7 Å². The second kappa shape index (κ2) is 11.9. The fraction of sp³-hybridized carbons (Fsp3) is 0.812. The molecule has 0 amide bonds. The van der Waals surface area contributed by atoms with Crippen LogP contribution >= 0.6 is 7.82 Å². The highest BCUT2D eigenvalue weighted by atomic mass is 31.2. The van der Waals surface area contributed by atoms with Crippen molar-refractivity contribution in [1.82, 2.24) is 0 Å². The molecular weight excluding hydrogens is 381 g/mol. The minimum Gasteiger partial charge on any atom is -0.756 e. The number of phosphoric ester groups is 1. The quantitative estimate of drug-likeness (QED) is 0.128. The van der Waals surface area contributed by atoms with Crippen LogP contribution in [0.3, 0.4) is 0 Å². The number of esters is 1. The van der Waals surface area contributed by atoms with E-state index in [0.29, 0.717) is 11.0 Å². The SMILES string of the molecule is C=CC(=O)OC(OCC)C(OCC)(OCC)OP(=O)([O-])OCC[N+](C)(C)C. The van der Waals surface area contributed by atoms with Crippen LogP contribution < -0.4 is 4.89 Å². The Hall–Kier alpha value is -0.840. The first-order valence-electron chi connectivity index (χ1n) is 8.64. The average molecular weight is 413 g/mol. The van der Waals surface area contributed by atoms with Crippen molar-refractivity contribution < 1.29 is 46.7 Å². The first-order chi connectivity index (χ1) is 12.4. The summed E-state index contributed by atoms with van der Waals surface area (Å²) in [5.41, 5.74) is 0. The molecule has 0 aliphatic rings. The van der Waals surface area contributed by atoms with Gasteiger partial charge in [-0.05, 0) is 20.8 Å². The lowest BCUT2D eigenvalue weighted by Gasteiger charge is -2.40. The van der Waals surface area contributed by atoms with Gasteiger partial charge in [0.2, 0.25) is 0 Å². The molecule has 0 saturated heterocycles. The molecule has 0 bridgehead atoms. The standard InChI is InChI=1S/C16H32NO9P/c1-8-14(18)25-15(21-9-2)16(22-10-3,23-11-4)26-27(19,20)24-13-12-17(5,6)7/h8,15H,1,9-13H2,2-7H3. The van der Waals surface area contributed by atoms with Crippen LogP contribution in [0.15, 0.2) is 12.7 Å². The zero-order valence-electron chi connectivity index (χ0n) is 17.0. The van der Waals surface area contributed by atoms with Crippen LogP contribution in [0.5, 0.6) is 0 Å². The van der Waals surface area contributed by atoms with Crippen LogP contribution in [0.25, 0.3) is 0 Å². The van der Waals surface area contributed by atoms with Crippen molar-refractivity contribution >= 4 is 13.8 Å². The van der Waals surface area contributed by atoms with E-state index in [2.05, 4.69) is 6.58 Å². The molecule has 0 saturated carbocycles. The summed E-state index contributed by atoms with van der Waals surface area (Å²) in [4.78, 5) is 24.0. The van der Waals surface area contributed by atoms with Gasteiger partial charge in [0.05, 0.1) is 21.1 Å². The monoisotopic (exact) mass is 413 g/mol. The molecule has 0 fully saturated rings. The number of hydrogen-bond donors (Lipinski definition) is 0. The van der Waals surface area contributed by atoms with E-state index in [-0.39, 0.29) is 26.4 Å². The van der Waals surface area contributed by atoms with Crippen LogP contribution in [0.2, 0.25) is 0 Å². The number of carbonyl (C=O) groups is 1. The van der Waals surface area contributed by atoms with Gasteiger partial charge in [0.15, 0.2) is 0 Å². The van der Waals surface area contributed by atoms with Gasteiger partial charge >= 0.3 is 11.9 Å². The predicted molar refractivity (Wildman–Crippen MR) is 95.2 cm³/mol. The van der Waals surface area contributed by atoms with Crippen LogP contribution in [-0.2, 0) is 37.4 Å². The van der Waals surface area contributed by atoms with E-state index in [4.69, 9.17) is 28.0 Å². The van der Waals surface area contributed by atoms with Gasteiger partial charge in [-0.2, -0.15) is 0 Å². The van der Waals surface area contributed by atoms with E-state index in [1.165, 1.54) is 0 Å². The first-order valence-corrected chi connectivity index (χ1v) is 10.1. The van der Waals surface area contributed by atoms with E-state index in [1.807, 2.05) is 21.1 Å². The Morgan fingerprint density at radius 1 is 1.19 bits per heavy atom. The molecule has 11 heteroatoms. The minimum atomic E-state index is -4.90. The normalized spacial score (nSPS) is 15.8. The fourth-order valence-electron chi connectivity index (χ4n) is 1.80. The molecule has 0 aliphatic heterocycles. The molecule has 0 aromatic heterocycles. The summed E-state index contributed by atoms with van der Waals surface area (Å²) in [5, 5.41) is 0. The predicted octanol–water partition coefficient (Wildman–Crippen LogP) is 1.01. The van der Waals surface area contributed by atoms with Gasteiger partial charge in [0.1, 0.15) is 13.2 Å². The van der Waals surface area contributed by atoms with Gasteiger partial charge in [0, 0.05) is 25.9 Å². The summed E-state index contributed by atoms with van der Waals surface area (Å²) < 4.78 is 43.9. The number of phosphoric acid groups is 1. The molecule has 160 valence electrons. The van der Waals surface area contributed by atoms with Gasteiger partial charge in [0.25, 0.3) is 14.1 Å². The molecular formula is C16H32NO9P. The Labute approximate surface area is 161 Å². The second-order valence-electron chi connectivity index (χ2n) is 6.28. The third-order valence-corrected chi connectivity index (χ3v) is 3.92. The molecule has 27 heavy (non-hydrogen) atoms. The maximum atomic E-state index is 12.3. The number of carbonyl (C=O) groups excluding carboxylic acids is 1. The first kappa shape index (κ1) is 26.2. The zero-order chi connectivity index (χ0) is 21.1. The van der Waals surface area contributed by atoms with Gasteiger partial charge in [-0.3, -0.25) is 9.09 Å². The highest BCUT2D eigenvalue weighted by Crippen LogP contribution is 2.46. The van der Waals surface area contributed by atoms with E-state index in [1.54, 1.807) is 20.8 Å². The number of hydrogen-bond acceptors (Lipinski definition) is 9. The highest BCUT2D eigenvalue weighted by molar-refractivity contribution is 7.45. The van der Waals surface area contributed by atoms with Crippen molar-refractivity contribution in [2.45, 2.75) is 33.0 Å². The summed E-state index contributed by atoms with van der Waals surface area (Å²) in [7, 11) is 0.742. The van der Waals surface area contributed by atoms with Gasteiger partial charge in [-0.25, -0.2) is 4.79 Å². The molecule has 0 aromatic rings. The molecule has 0 N–H and O–H groups in total. The Bertz CT molecular complexity index is 501. The molecule has 0 aromatic carbocycles. The third-order valence-electron chi connectivity index (χ3n) is 2.94. The summed E-state index contributed by atoms with van der Waals surface area (Å²) in [6, 6.07) is 0. The van der Waals surface area contributed by atoms with Crippen molar-refractivity contribution in [2.75, 3.05) is 54.1 Å². The van der Waals surface area contributed by atoms with Crippen molar-refractivity contribution in [3.63, 3.8) is 0 Å². The highest BCUT2D eigenvalue weighted by Gasteiger charge is 2.49. The van der Waals surface area contributed by atoms with Crippen LogP contribution in [0.1, 0.15) is 20.8 Å². The second-order valence-corrected chi connectivity index (χ2v) is 7.62. The van der Waals surface area contributed by atoms with Crippen LogP contribution in [-0.4, -0.2) is 76.8 Å². The van der Waals surface area contributed by atoms with E-state index in [9.17, 15) is 14.3 Å². The molecule has 2 unspecified atom stereocenters. The average Bonchev–Trinajstić information content (AvgIpc) is 2.52. The lowest BCUT2D eigenvalue weighted by Crippen LogP contribution is -2.53. The molecule has 0 radical (unpaired) electrons. The van der Waals surface area contributed by atoms with E-state index < -0.39 is 26.1 Å². The Kier molecular flexibility index (Phi) is 11.5. The number of ether oxygens (including phenoxy) is 4.